The van der Waals surface area contributed by atoms with Gasteiger partial charge in [-0.25, -0.2) is 0 Å². The van der Waals surface area contributed by atoms with Gasteiger partial charge in [-0.2, -0.15) is 0 Å². The summed E-state index contributed by atoms with van der Waals surface area (Å²) >= 11 is 0. The van der Waals surface area contributed by atoms with E-state index in [2.05, 4.69) is 53.7 Å². The Morgan fingerprint density at radius 3 is 2.43 bits per heavy atom. The molecule has 23 heavy (non-hydrogen) atoms. The van der Waals surface area contributed by atoms with E-state index in [0.717, 1.165) is 24.4 Å². The first kappa shape index (κ1) is 15.0. The Bertz CT molecular complexity index is 687. The molecule has 0 aliphatic carbocycles. The smallest absolute Gasteiger partial charge is 0.126 e. The molecule has 0 spiro atoms. The van der Waals surface area contributed by atoms with Crippen LogP contribution in [0.25, 0.3) is 10.8 Å². The van der Waals surface area contributed by atoms with E-state index in [9.17, 15) is 0 Å². The molecule has 2 bridgehead atoms. The van der Waals surface area contributed by atoms with Gasteiger partial charge in [0.05, 0.1) is 7.11 Å². The van der Waals surface area contributed by atoms with E-state index >= 15 is 0 Å². The molecule has 3 nitrogen and oxygen atoms in total. The van der Waals surface area contributed by atoms with Crippen LogP contribution in [0.2, 0.25) is 0 Å². The average Bonchev–Trinajstić information content (AvgIpc) is 2.93. The summed E-state index contributed by atoms with van der Waals surface area (Å²) in [6, 6.07) is 15.1. The SMILES string of the molecule is COc1ccc(CN(C)C2CC3CCC(C2)N3)c2ccccc12. The van der Waals surface area contributed by atoms with Gasteiger partial charge in [0.15, 0.2) is 0 Å². The predicted molar refractivity (Wildman–Crippen MR) is 94.9 cm³/mol. The van der Waals surface area contributed by atoms with Crippen LogP contribution in [0.1, 0.15) is 31.2 Å². The zero-order valence-corrected chi connectivity index (χ0v) is 14.1. The number of methoxy groups -OCH3 is 1. The minimum absolute atomic E-state index is 0.703. The second kappa shape index (κ2) is 6.14. The Labute approximate surface area is 138 Å². The van der Waals surface area contributed by atoms with E-state index in [0.29, 0.717) is 6.04 Å². The number of nitrogens with zero attached hydrogens (tertiary/aromatic N) is 1. The summed E-state index contributed by atoms with van der Waals surface area (Å²) in [6.45, 7) is 1.01. The molecule has 2 atom stereocenters. The van der Waals surface area contributed by atoms with Crippen molar-refractivity contribution in [3.8, 4) is 5.75 Å². The van der Waals surface area contributed by atoms with Crippen LogP contribution in [0.4, 0.5) is 0 Å². The molecule has 2 aromatic carbocycles. The Balaban J connectivity index is 1.58. The molecule has 0 aromatic heterocycles. The van der Waals surface area contributed by atoms with Crippen LogP contribution < -0.4 is 10.1 Å². The monoisotopic (exact) mass is 310 g/mol. The van der Waals surface area contributed by atoms with Crippen LogP contribution in [0.3, 0.4) is 0 Å². The molecule has 0 amide bonds. The lowest BCUT2D eigenvalue weighted by atomic mass is 9.97. The zero-order valence-electron chi connectivity index (χ0n) is 14.1. The van der Waals surface area contributed by atoms with Crippen molar-refractivity contribution in [3.63, 3.8) is 0 Å². The fourth-order valence-electron chi connectivity index (χ4n) is 4.43. The highest BCUT2D eigenvalue weighted by Gasteiger charge is 2.35. The molecule has 2 aromatic rings. The Morgan fingerprint density at radius 1 is 1.04 bits per heavy atom. The molecule has 0 radical (unpaired) electrons. The molecule has 4 rings (SSSR count). The summed E-state index contributed by atoms with van der Waals surface area (Å²) < 4.78 is 5.52. The molecule has 2 aliphatic rings. The normalized spacial score (nSPS) is 26.8. The highest BCUT2D eigenvalue weighted by atomic mass is 16.5. The van der Waals surface area contributed by atoms with Gasteiger partial charge in [0.25, 0.3) is 0 Å². The fraction of sp³-hybridized carbons (Fsp3) is 0.500. The second-order valence-electron chi connectivity index (χ2n) is 7.15. The molecule has 3 heteroatoms. The van der Waals surface area contributed by atoms with Crippen molar-refractivity contribution in [2.75, 3.05) is 14.2 Å². The van der Waals surface area contributed by atoms with E-state index in [1.165, 1.54) is 42.0 Å². The maximum Gasteiger partial charge on any atom is 0.126 e. The van der Waals surface area contributed by atoms with Crippen molar-refractivity contribution >= 4 is 10.8 Å². The Hall–Kier alpha value is -1.58. The maximum atomic E-state index is 5.52. The zero-order chi connectivity index (χ0) is 15.8. The van der Waals surface area contributed by atoms with Gasteiger partial charge in [-0.05, 0) is 49.7 Å². The van der Waals surface area contributed by atoms with Crippen molar-refractivity contribution in [2.24, 2.45) is 0 Å². The lowest BCUT2D eigenvalue weighted by Gasteiger charge is -2.35. The van der Waals surface area contributed by atoms with Crippen LogP contribution in [0, 0.1) is 0 Å². The highest BCUT2D eigenvalue weighted by Crippen LogP contribution is 2.32. The number of fused-ring (bicyclic) bond motifs is 3. The van der Waals surface area contributed by atoms with Crippen LogP contribution in [-0.2, 0) is 6.54 Å². The van der Waals surface area contributed by atoms with E-state index in [-0.39, 0.29) is 0 Å². The van der Waals surface area contributed by atoms with E-state index in [4.69, 9.17) is 4.74 Å². The molecular formula is C20H26N2O. The summed E-state index contributed by atoms with van der Waals surface area (Å²) in [5, 5.41) is 6.27. The van der Waals surface area contributed by atoms with Gasteiger partial charge in [-0.15, -0.1) is 0 Å². The van der Waals surface area contributed by atoms with Crippen LogP contribution in [0.15, 0.2) is 36.4 Å². The van der Waals surface area contributed by atoms with E-state index in [1.54, 1.807) is 7.11 Å². The number of piperidine rings is 1. The third-order valence-corrected chi connectivity index (χ3v) is 5.69. The van der Waals surface area contributed by atoms with E-state index < -0.39 is 0 Å². The molecule has 1 N–H and O–H groups in total. The summed E-state index contributed by atoms with van der Waals surface area (Å²) in [7, 11) is 4.03. The number of rotatable bonds is 4. The van der Waals surface area contributed by atoms with Crippen molar-refractivity contribution in [1.29, 1.82) is 0 Å². The summed E-state index contributed by atoms with van der Waals surface area (Å²) in [5.74, 6) is 0.965. The van der Waals surface area contributed by atoms with Crippen LogP contribution in [0.5, 0.6) is 5.75 Å². The third kappa shape index (κ3) is 2.84. The minimum Gasteiger partial charge on any atom is -0.496 e. The van der Waals surface area contributed by atoms with Gasteiger partial charge >= 0.3 is 0 Å². The molecule has 2 aliphatic heterocycles. The summed E-state index contributed by atoms with van der Waals surface area (Å²) in [5.41, 5.74) is 1.40. The summed E-state index contributed by atoms with van der Waals surface area (Å²) in [6.07, 6.45) is 5.31. The van der Waals surface area contributed by atoms with Gasteiger partial charge < -0.3 is 10.1 Å². The fourth-order valence-corrected chi connectivity index (χ4v) is 4.43. The van der Waals surface area contributed by atoms with Gasteiger partial charge in [-0.1, -0.05) is 30.3 Å². The number of ether oxygens (including phenoxy) is 1. The quantitative estimate of drug-likeness (QED) is 0.934. The Morgan fingerprint density at radius 2 is 1.74 bits per heavy atom. The second-order valence-corrected chi connectivity index (χ2v) is 7.15. The number of hydrogen-bond donors (Lipinski definition) is 1. The number of hydrogen-bond acceptors (Lipinski definition) is 3. The van der Waals surface area contributed by atoms with Gasteiger partial charge in [0.1, 0.15) is 5.75 Å². The lowest BCUT2D eigenvalue weighted by molar-refractivity contribution is 0.166. The van der Waals surface area contributed by atoms with Gasteiger partial charge in [-0.3, -0.25) is 4.90 Å². The van der Waals surface area contributed by atoms with E-state index in [1.807, 2.05) is 0 Å². The molecular weight excluding hydrogens is 284 g/mol. The maximum absolute atomic E-state index is 5.52. The van der Waals surface area contributed by atoms with Gasteiger partial charge in [0, 0.05) is 30.1 Å². The van der Waals surface area contributed by atoms with Crippen molar-refractivity contribution in [3.05, 3.63) is 42.0 Å². The molecule has 0 saturated carbocycles. The summed E-state index contributed by atoms with van der Waals surface area (Å²) in [4.78, 5) is 2.56. The first-order valence-corrected chi connectivity index (χ1v) is 8.75. The topological polar surface area (TPSA) is 24.5 Å². The standard InChI is InChI=1S/C20H26N2O/c1-22(17-11-15-8-9-16(12-17)21-15)13-14-7-10-20(23-2)19-6-4-3-5-18(14)19/h3-7,10,15-17,21H,8-9,11-13H2,1-2H3. The average molecular weight is 310 g/mol. The molecule has 122 valence electrons. The molecule has 2 fully saturated rings. The Kier molecular flexibility index (Phi) is 4.00. The van der Waals surface area contributed by atoms with Crippen molar-refractivity contribution < 1.29 is 4.74 Å². The third-order valence-electron chi connectivity index (χ3n) is 5.69. The van der Waals surface area contributed by atoms with Crippen molar-refractivity contribution in [2.45, 2.75) is 50.4 Å². The minimum atomic E-state index is 0.703. The van der Waals surface area contributed by atoms with Gasteiger partial charge in [0.2, 0.25) is 0 Å². The highest BCUT2D eigenvalue weighted by molar-refractivity contribution is 5.91. The first-order valence-electron chi connectivity index (χ1n) is 8.75. The number of benzene rings is 2. The number of nitrogens with one attached hydrogen (secondary N) is 1. The molecule has 2 saturated heterocycles. The first-order chi connectivity index (χ1) is 11.2. The molecule has 2 heterocycles. The van der Waals surface area contributed by atoms with Crippen molar-refractivity contribution in [1.82, 2.24) is 10.2 Å². The largest absolute Gasteiger partial charge is 0.496 e. The van der Waals surface area contributed by atoms with Crippen LogP contribution in [-0.4, -0.2) is 37.2 Å². The predicted octanol–water partition coefficient (Wildman–Crippen LogP) is 3.56. The molecule has 2 unspecified atom stereocenters. The van der Waals surface area contributed by atoms with Crippen LogP contribution >= 0.6 is 0 Å². The lowest BCUT2D eigenvalue weighted by Crippen LogP contribution is -2.46.